The molecule has 0 spiro atoms. The van der Waals surface area contributed by atoms with Gasteiger partial charge in [0.1, 0.15) is 0 Å². The topological polar surface area (TPSA) is 12.0 Å². The van der Waals surface area contributed by atoms with Crippen molar-refractivity contribution in [2.45, 2.75) is 51.5 Å². The number of rotatable bonds is 5. The second kappa shape index (κ2) is 7.58. The van der Waals surface area contributed by atoms with Crippen LogP contribution < -0.4 is 5.32 Å². The largest absolute Gasteiger partial charge is 0.317 e. The van der Waals surface area contributed by atoms with Gasteiger partial charge in [-0.3, -0.25) is 0 Å². The van der Waals surface area contributed by atoms with Gasteiger partial charge < -0.3 is 5.32 Å². The molecule has 0 amide bonds. The van der Waals surface area contributed by atoms with Crippen molar-refractivity contribution in [3.8, 4) is 0 Å². The molecule has 0 radical (unpaired) electrons. The van der Waals surface area contributed by atoms with Crippen LogP contribution in [0.4, 0.5) is 0 Å². The van der Waals surface area contributed by atoms with E-state index in [9.17, 15) is 0 Å². The Balaban J connectivity index is 2.20. The van der Waals surface area contributed by atoms with E-state index in [1.165, 1.54) is 50.0 Å². The average molecular weight is 215 g/mol. The summed E-state index contributed by atoms with van der Waals surface area (Å²) in [6, 6.07) is 0.800. The highest BCUT2D eigenvalue weighted by Crippen LogP contribution is 2.26. The minimum atomic E-state index is 0.800. The maximum Gasteiger partial charge on any atom is 0.00667 e. The minimum absolute atomic E-state index is 0.800. The van der Waals surface area contributed by atoms with Crippen LogP contribution in [0.25, 0.3) is 0 Å². The first-order chi connectivity index (χ1) is 6.86. The molecule has 0 aliphatic heterocycles. The van der Waals surface area contributed by atoms with Gasteiger partial charge in [0.05, 0.1) is 0 Å². The molecule has 0 bridgehead atoms. The molecule has 1 aliphatic carbocycles. The molecule has 2 unspecified atom stereocenters. The van der Waals surface area contributed by atoms with E-state index in [-0.39, 0.29) is 0 Å². The van der Waals surface area contributed by atoms with Crippen LogP contribution in [0.15, 0.2) is 0 Å². The molecule has 1 N–H and O–H groups in total. The van der Waals surface area contributed by atoms with E-state index in [4.69, 9.17) is 0 Å². The van der Waals surface area contributed by atoms with Crippen LogP contribution in [-0.2, 0) is 0 Å². The molecule has 0 aromatic rings. The lowest BCUT2D eigenvalue weighted by atomic mass is 9.95. The van der Waals surface area contributed by atoms with Gasteiger partial charge in [0.25, 0.3) is 0 Å². The molecule has 84 valence electrons. The highest BCUT2D eigenvalue weighted by Gasteiger charge is 2.18. The molecule has 0 aromatic heterocycles. The van der Waals surface area contributed by atoms with E-state index in [0.717, 1.165) is 12.0 Å². The molecule has 2 atom stereocenters. The summed E-state index contributed by atoms with van der Waals surface area (Å²) in [6.07, 6.45) is 8.62. The van der Waals surface area contributed by atoms with E-state index in [1.807, 2.05) is 0 Å². The normalized spacial score (nSPS) is 28.7. The predicted octanol–water partition coefficient (Wildman–Crippen LogP) is 3.30. The summed E-state index contributed by atoms with van der Waals surface area (Å²) in [5.74, 6) is 3.65. The fourth-order valence-electron chi connectivity index (χ4n) is 2.38. The van der Waals surface area contributed by atoms with E-state index in [2.05, 4.69) is 31.1 Å². The molecule has 2 heteroatoms. The lowest BCUT2D eigenvalue weighted by Gasteiger charge is -2.19. The number of hydrogen-bond donors (Lipinski definition) is 1. The standard InChI is InChI=1S/C12H25NS/c1-3-14-9-8-11-6-4-5-7-12(10-11)13-2/h11-13H,3-10H2,1-2H3. The van der Waals surface area contributed by atoms with Crippen LogP contribution in [0.3, 0.4) is 0 Å². The molecule has 1 saturated carbocycles. The summed E-state index contributed by atoms with van der Waals surface area (Å²) in [4.78, 5) is 0. The second-order valence-corrected chi connectivity index (χ2v) is 5.75. The van der Waals surface area contributed by atoms with Gasteiger partial charge in [0, 0.05) is 6.04 Å². The van der Waals surface area contributed by atoms with Crippen LogP contribution in [-0.4, -0.2) is 24.6 Å². The third-order valence-electron chi connectivity index (χ3n) is 3.32. The quantitative estimate of drug-likeness (QED) is 0.558. The molecule has 0 aromatic carbocycles. The molecule has 1 nitrogen and oxygen atoms in total. The zero-order valence-corrected chi connectivity index (χ0v) is 10.5. The zero-order valence-electron chi connectivity index (χ0n) is 9.72. The van der Waals surface area contributed by atoms with Gasteiger partial charge in [-0.1, -0.05) is 26.2 Å². The van der Waals surface area contributed by atoms with Crippen molar-refractivity contribution >= 4 is 11.8 Å². The summed E-state index contributed by atoms with van der Waals surface area (Å²) < 4.78 is 0. The number of hydrogen-bond acceptors (Lipinski definition) is 2. The van der Waals surface area contributed by atoms with E-state index < -0.39 is 0 Å². The first kappa shape index (κ1) is 12.4. The molecule has 0 heterocycles. The highest BCUT2D eigenvalue weighted by atomic mass is 32.2. The lowest BCUT2D eigenvalue weighted by molar-refractivity contribution is 0.395. The molecular formula is C12H25NS. The fraction of sp³-hybridized carbons (Fsp3) is 1.00. The van der Waals surface area contributed by atoms with Crippen LogP contribution in [0.5, 0.6) is 0 Å². The molecule has 1 aliphatic rings. The van der Waals surface area contributed by atoms with Gasteiger partial charge in [-0.15, -0.1) is 0 Å². The molecular weight excluding hydrogens is 190 g/mol. The second-order valence-electron chi connectivity index (χ2n) is 4.36. The van der Waals surface area contributed by atoms with Crippen LogP contribution in [0.2, 0.25) is 0 Å². The average Bonchev–Trinajstić information content (AvgIpc) is 2.43. The van der Waals surface area contributed by atoms with Crippen molar-refractivity contribution in [1.82, 2.24) is 5.32 Å². The summed E-state index contributed by atoms with van der Waals surface area (Å²) in [7, 11) is 2.12. The minimum Gasteiger partial charge on any atom is -0.317 e. The highest BCUT2D eigenvalue weighted by molar-refractivity contribution is 7.99. The zero-order chi connectivity index (χ0) is 10.2. The van der Waals surface area contributed by atoms with Gasteiger partial charge in [-0.2, -0.15) is 11.8 Å². The third kappa shape index (κ3) is 4.70. The Kier molecular flexibility index (Phi) is 6.70. The number of nitrogens with one attached hydrogen (secondary N) is 1. The van der Waals surface area contributed by atoms with Crippen molar-refractivity contribution in [3.05, 3.63) is 0 Å². The van der Waals surface area contributed by atoms with Crippen molar-refractivity contribution in [3.63, 3.8) is 0 Å². The van der Waals surface area contributed by atoms with Crippen LogP contribution in [0.1, 0.15) is 45.4 Å². The predicted molar refractivity (Wildman–Crippen MR) is 67.0 cm³/mol. The SMILES string of the molecule is CCSCCC1CCCCC(NC)C1. The molecule has 14 heavy (non-hydrogen) atoms. The molecule has 1 rings (SSSR count). The first-order valence-electron chi connectivity index (χ1n) is 6.11. The summed E-state index contributed by atoms with van der Waals surface area (Å²) in [5, 5.41) is 3.46. The van der Waals surface area contributed by atoms with Gasteiger partial charge >= 0.3 is 0 Å². The summed E-state index contributed by atoms with van der Waals surface area (Å²) in [5.41, 5.74) is 0. The van der Waals surface area contributed by atoms with Crippen LogP contribution in [0, 0.1) is 5.92 Å². The Hall–Kier alpha value is 0.310. The molecule has 0 saturated heterocycles. The first-order valence-corrected chi connectivity index (χ1v) is 7.27. The van der Waals surface area contributed by atoms with Gasteiger partial charge in [-0.25, -0.2) is 0 Å². The lowest BCUT2D eigenvalue weighted by Crippen LogP contribution is -2.26. The van der Waals surface area contributed by atoms with Gasteiger partial charge in [-0.05, 0) is 43.7 Å². The van der Waals surface area contributed by atoms with E-state index in [1.54, 1.807) is 0 Å². The maximum absolute atomic E-state index is 3.46. The van der Waals surface area contributed by atoms with Gasteiger partial charge in [0.2, 0.25) is 0 Å². The maximum atomic E-state index is 3.46. The Morgan fingerprint density at radius 2 is 2.07 bits per heavy atom. The smallest absolute Gasteiger partial charge is 0.00667 e. The third-order valence-corrected chi connectivity index (χ3v) is 4.25. The summed E-state index contributed by atoms with van der Waals surface area (Å²) >= 11 is 2.10. The molecule has 1 fully saturated rings. The Morgan fingerprint density at radius 1 is 1.29 bits per heavy atom. The van der Waals surface area contributed by atoms with Crippen molar-refractivity contribution in [1.29, 1.82) is 0 Å². The van der Waals surface area contributed by atoms with Gasteiger partial charge in [0.15, 0.2) is 0 Å². The van der Waals surface area contributed by atoms with E-state index >= 15 is 0 Å². The van der Waals surface area contributed by atoms with Crippen LogP contribution >= 0.6 is 11.8 Å². The number of thioether (sulfide) groups is 1. The van der Waals surface area contributed by atoms with Crippen molar-refractivity contribution in [2.24, 2.45) is 5.92 Å². The fourth-order valence-corrected chi connectivity index (χ4v) is 3.17. The Labute approximate surface area is 93.4 Å². The van der Waals surface area contributed by atoms with Crippen molar-refractivity contribution < 1.29 is 0 Å². The Morgan fingerprint density at radius 3 is 2.79 bits per heavy atom. The van der Waals surface area contributed by atoms with E-state index in [0.29, 0.717) is 0 Å². The Bertz CT molecular complexity index is 138. The van der Waals surface area contributed by atoms with Crippen molar-refractivity contribution in [2.75, 3.05) is 18.6 Å². The monoisotopic (exact) mass is 215 g/mol. The summed E-state index contributed by atoms with van der Waals surface area (Å²) in [6.45, 7) is 2.26.